The molecule has 118 valence electrons. The van der Waals surface area contributed by atoms with E-state index in [1.165, 1.54) is 42.5 Å². The molecule has 0 bridgehead atoms. The Labute approximate surface area is 137 Å². The van der Waals surface area contributed by atoms with Gasteiger partial charge in [-0.1, -0.05) is 23.2 Å². The molecule has 1 N–H and O–H groups in total. The number of hydrogen-bond donors (Lipinski definition) is 1. The summed E-state index contributed by atoms with van der Waals surface area (Å²) in [6, 6.07) is 9.60. The molecule has 4 nitrogen and oxygen atoms in total. The van der Waals surface area contributed by atoms with E-state index in [0.29, 0.717) is 5.75 Å². The summed E-state index contributed by atoms with van der Waals surface area (Å²) in [5.41, 5.74) is 0. The molecule has 0 spiro atoms. The van der Waals surface area contributed by atoms with Gasteiger partial charge in [0, 0.05) is 11.6 Å². The van der Waals surface area contributed by atoms with Gasteiger partial charge in [0.05, 0.1) is 5.02 Å². The Hall–Kier alpha value is -1.34. The number of hydrogen-bond acceptors (Lipinski definition) is 3. The molecule has 0 heterocycles. The lowest BCUT2D eigenvalue weighted by Crippen LogP contribution is -2.28. The first-order chi connectivity index (χ1) is 10.4. The average Bonchev–Trinajstić information content (AvgIpc) is 2.48. The second-order valence-electron chi connectivity index (χ2n) is 4.27. The Balaban J connectivity index is 1.93. The minimum atomic E-state index is -3.78. The summed E-state index contributed by atoms with van der Waals surface area (Å²) in [6.45, 7) is 0.117. The molecule has 0 saturated heterocycles. The number of benzene rings is 2. The molecular weight excluding hydrogens is 352 g/mol. The van der Waals surface area contributed by atoms with Crippen molar-refractivity contribution in [3.63, 3.8) is 0 Å². The standard InChI is InChI=1S/C14H12Cl2FNO3S/c15-10-1-6-13(16)14(9-10)22(19,20)18-7-8-21-12-4-2-11(17)3-5-12/h1-6,9,18H,7-8H2. The smallest absolute Gasteiger partial charge is 0.242 e. The molecule has 0 aromatic heterocycles. The van der Waals surface area contributed by atoms with Crippen LogP contribution in [-0.4, -0.2) is 21.6 Å². The van der Waals surface area contributed by atoms with E-state index in [-0.39, 0.29) is 33.9 Å². The van der Waals surface area contributed by atoms with Crippen LogP contribution < -0.4 is 9.46 Å². The van der Waals surface area contributed by atoms with E-state index in [2.05, 4.69) is 4.72 Å². The highest BCUT2D eigenvalue weighted by Gasteiger charge is 2.17. The van der Waals surface area contributed by atoms with Gasteiger partial charge < -0.3 is 4.74 Å². The van der Waals surface area contributed by atoms with Crippen LogP contribution in [0.3, 0.4) is 0 Å². The lowest BCUT2D eigenvalue weighted by Gasteiger charge is -2.10. The molecule has 0 atom stereocenters. The predicted octanol–water partition coefficient (Wildman–Crippen LogP) is 3.49. The summed E-state index contributed by atoms with van der Waals surface area (Å²) < 4.78 is 44.6. The van der Waals surface area contributed by atoms with Crippen LogP contribution in [0.15, 0.2) is 47.4 Å². The van der Waals surface area contributed by atoms with E-state index < -0.39 is 10.0 Å². The summed E-state index contributed by atoms with van der Waals surface area (Å²) >= 11 is 11.6. The maximum Gasteiger partial charge on any atom is 0.242 e. The van der Waals surface area contributed by atoms with Crippen molar-refractivity contribution in [1.29, 1.82) is 0 Å². The summed E-state index contributed by atoms with van der Waals surface area (Å²) in [6.07, 6.45) is 0. The topological polar surface area (TPSA) is 55.4 Å². The van der Waals surface area contributed by atoms with Gasteiger partial charge in [-0.05, 0) is 42.5 Å². The molecule has 0 radical (unpaired) electrons. The van der Waals surface area contributed by atoms with Crippen LogP contribution in [0, 0.1) is 5.82 Å². The molecule has 2 aromatic rings. The third kappa shape index (κ3) is 4.58. The van der Waals surface area contributed by atoms with Crippen LogP contribution in [0.4, 0.5) is 4.39 Å². The van der Waals surface area contributed by atoms with Gasteiger partial charge in [0.25, 0.3) is 0 Å². The van der Waals surface area contributed by atoms with E-state index in [9.17, 15) is 12.8 Å². The number of halogens is 3. The average molecular weight is 364 g/mol. The Morgan fingerprint density at radius 2 is 1.77 bits per heavy atom. The van der Waals surface area contributed by atoms with Crippen molar-refractivity contribution in [2.75, 3.05) is 13.2 Å². The normalized spacial score (nSPS) is 11.4. The first kappa shape index (κ1) is 17.0. The van der Waals surface area contributed by atoms with Crippen LogP contribution in [0.5, 0.6) is 5.75 Å². The van der Waals surface area contributed by atoms with E-state index in [1.54, 1.807) is 0 Å². The molecular formula is C14H12Cl2FNO3S. The van der Waals surface area contributed by atoms with Crippen LogP contribution in [0.1, 0.15) is 0 Å². The second-order valence-corrected chi connectivity index (χ2v) is 6.85. The van der Waals surface area contributed by atoms with Crippen molar-refractivity contribution in [1.82, 2.24) is 4.72 Å². The van der Waals surface area contributed by atoms with Gasteiger partial charge in [-0.3, -0.25) is 0 Å². The Kier molecular flexibility index (Phi) is 5.63. The fourth-order valence-electron chi connectivity index (χ4n) is 1.64. The molecule has 0 aliphatic rings. The Morgan fingerprint density at radius 1 is 1.09 bits per heavy atom. The maximum atomic E-state index is 12.7. The molecule has 0 fully saturated rings. The summed E-state index contributed by atoms with van der Waals surface area (Å²) in [7, 11) is -3.78. The van der Waals surface area contributed by atoms with Crippen LogP contribution in [-0.2, 0) is 10.0 Å². The third-order valence-electron chi connectivity index (χ3n) is 2.66. The molecule has 2 aromatic carbocycles. The predicted molar refractivity (Wildman–Crippen MR) is 83.5 cm³/mol. The molecule has 0 amide bonds. The van der Waals surface area contributed by atoms with Gasteiger partial charge in [-0.15, -0.1) is 0 Å². The zero-order valence-corrected chi connectivity index (χ0v) is 13.6. The maximum absolute atomic E-state index is 12.7. The number of ether oxygens (including phenoxy) is 1. The van der Waals surface area contributed by atoms with Crippen molar-refractivity contribution >= 4 is 33.2 Å². The molecule has 8 heteroatoms. The van der Waals surface area contributed by atoms with E-state index in [0.717, 1.165) is 0 Å². The van der Waals surface area contributed by atoms with Gasteiger partial charge in [0.2, 0.25) is 10.0 Å². The summed E-state index contributed by atoms with van der Waals surface area (Å²) in [4.78, 5) is -0.0940. The summed E-state index contributed by atoms with van der Waals surface area (Å²) in [5, 5.41) is 0.351. The van der Waals surface area contributed by atoms with Crippen molar-refractivity contribution in [2.45, 2.75) is 4.90 Å². The highest BCUT2D eigenvalue weighted by molar-refractivity contribution is 7.89. The molecule has 0 saturated carbocycles. The zero-order chi connectivity index (χ0) is 16.2. The van der Waals surface area contributed by atoms with Crippen molar-refractivity contribution in [3.8, 4) is 5.75 Å². The zero-order valence-electron chi connectivity index (χ0n) is 11.2. The fraction of sp³-hybridized carbons (Fsp3) is 0.143. The highest BCUT2D eigenvalue weighted by atomic mass is 35.5. The van der Waals surface area contributed by atoms with Crippen LogP contribution in [0.25, 0.3) is 0 Å². The quantitative estimate of drug-likeness (QED) is 0.799. The number of rotatable bonds is 6. The van der Waals surface area contributed by atoms with E-state index in [4.69, 9.17) is 27.9 Å². The van der Waals surface area contributed by atoms with Crippen molar-refractivity contribution in [3.05, 3.63) is 58.3 Å². The lowest BCUT2D eigenvalue weighted by atomic mass is 10.3. The molecule has 0 aliphatic heterocycles. The van der Waals surface area contributed by atoms with Crippen molar-refractivity contribution in [2.24, 2.45) is 0 Å². The van der Waals surface area contributed by atoms with Crippen LogP contribution >= 0.6 is 23.2 Å². The number of sulfonamides is 1. The minimum Gasteiger partial charge on any atom is -0.492 e. The SMILES string of the molecule is O=S(=O)(NCCOc1ccc(F)cc1)c1cc(Cl)ccc1Cl. The van der Waals surface area contributed by atoms with E-state index in [1.807, 2.05) is 0 Å². The van der Waals surface area contributed by atoms with Crippen molar-refractivity contribution < 1.29 is 17.5 Å². The number of nitrogens with one attached hydrogen (secondary N) is 1. The minimum absolute atomic E-state index is 0.0303. The fourth-order valence-corrected chi connectivity index (χ4v) is 3.41. The third-order valence-corrected chi connectivity index (χ3v) is 4.84. The van der Waals surface area contributed by atoms with Gasteiger partial charge in [-0.2, -0.15) is 0 Å². The van der Waals surface area contributed by atoms with Gasteiger partial charge >= 0.3 is 0 Å². The first-order valence-corrected chi connectivity index (χ1v) is 8.45. The lowest BCUT2D eigenvalue weighted by molar-refractivity contribution is 0.322. The van der Waals surface area contributed by atoms with Gasteiger partial charge in [-0.25, -0.2) is 17.5 Å². The Morgan fingerprint density at radius 3 is 2.45 bits per heavy atom. The Bertz CT molecular complexity index is 751. The monoisotopic (exact) mass is 363 g/mol. The molecule has 2 rings (SSSR count). The van der Waals surface area contributed by atoms with Gasteiger partial charge in [0.1, 0.15) is 23.1 Å². The van der Waals surface area contributed by atoms with Crippen LogP contribution in [0.2, 0.25) is 10.0 Å². The van der Waals surface area contributed by atoms with Gasteiger partial charge in [0.15, 0.2) is 0 Å². The highest BCUT2D eigenvalue weighted by Crippen LogP contribution is 2.24. The summed E-state index contributed by atoms with van der Waals surface area (Å²) in [5.74, 6) is 0.0741. The van der Waals surface area contributed by atoms with E-state index >= 15 is 0 Å². The first-order valence-electron chi connectivity index (χ1n) is 6.21. The molecule has 0 unspecified atom stereocenters. The molecule has 22 heavy (non-hydrogen) atoms. The second kappa shape index (κ2) is 7.28. The molecule has 0 aliphatic carbocycles. The largest absolute Gasteiger partial charge is 0.492 e.